The number of benzene rings is 2. The lowest BCUT2D eigenvalue weighted by molar-refractivity contribution is -0.160. The first-order chi connectivity index (χ1) is 24.5. The number of sulfone groups is 1. The number of carbonyl (C=O) groups is 1. The highest BCUT2D eigenvalue weighted by Crippen LogP contribution is 2.45. The molecule has 0 bridgehead atoms. The van der Waals surface area contributed by atoms with Crippen molar-refractivity contribution >= 4 is 21.5 Å². The van der Waals surface area contributed by atoms with Crippen LogP contribution in [-0.4, -0.2) is 92.4 Å². The van der Waals surface area contributed by atoms with E-state index in [1.165, 1.54) is 12.1 Å². The fraction of sp³-hybridized carbons (Fsp3) is 0.550. The maximum absolute atomic E-state index is 13.3. The number of hydrogen-bond acceptors (Lipinski definition) is 9. The van der Waals surface area contributed by atoms with E-state index in [9.17, 15) is 22.7 Å². The van der Waals surface area contributed by atoms with Gasteiger partial charge in [0, 0.05) is 56.0 Å². The van der Waals surface area contributed by atoms with Crippen LogP contribution in [0, 0.1) is 18.2 Å². The highest BCUT2D eigenvalue weighted by molar-refractivity contribution is 7.91. The SMILES string of the molecule is Cc1nc(COCCN2CCS(=O)(=O)CC2)c(-c2ccc(OCCc3ccc(F)cc3)cc2)c(N2CCC(C)(C)CC2)c1[C@H](OC(C)(C)C)C(=O)O. The predicted molar refractivity (Wildman–Crippen MR) is 201 cm³/mol. The van der Waals surface area contributed by atoms with Gasteiger partial charge in [-0.2, -0.15) is 0 Å². The number of nitrogens with zero attached hydrogens (tertiary/aromatic N) is 3. The van der Waals surface area contributed by atoms with Crippen LogP contribution in [-0.2, 0) is 37.1 Å². The number of carboxylic acid groups (broad SMARTS) is 1. The zero-order valence-electron chi connectivity index (χ0n) is 31.4. The van der Waals surface area contributed by atoms with E-state index in [0.717, 1.165) is 48.3 Å². The molecule has 0 unspecified atom stereocenters. The summed E-state index contributed by atoms with van der Waals surface area (Å²) >= 11 is 0. The summed E-state index contributed by atoms with van der Waals surface area (Å²) in [7, 11) is -2.98. The predicted octanol–water partition coefficient (Wildman–Crippen LogP) is 6.63. The average molecular weight is 740 g/mol. The van der Waals surface area contributed by atoms with Gasteiger partial charge in [0.25, 0.3) is 0 Å². The first-order valence-corrected chi connectivity index (χ1v) is 20.0. The van der Waals surface area contributed by atoms with Crippen LogP contribution in [0.25, 0.3) is 11.1 Å². The molecule has 12 heteroatoms. The molecule has 0 amide bonds. The number of aliphatic carboxylic acids is 1. The van der Waals surface area contributed by atoms with Crippen molar-refractivity contribution in [3.8, 4) is 16.9 Å². The Kier molecular flexibility index (Phi) is 12.7. The number of hydrogen-bond donors (Lipinski definition) is 1. The topological polar surface area (TPSA) is 119 Å². The number of ether oxygens (including phenoxy) is 3. The van der Waals surface area contributed by atoms with E-state index in [-0.39, 0.29) is 29.3 Å². The van der Waals surface area contributed by atoms with Gasteiger partial charge in [-0.1, -0.05) is 38.1 Å². The summed E-state index contributed by atoms with van der Waals surface area (Å²) in [6, 6.07) is 14.1. The Morgan fingerprint density at radius 2 is 1.62 bits per heavy atom. The third kappa shape index (κ3) is 10.7. The van der Waals surface area contributed by atoms with Crippen molar-refractivity contribution in [2.24, 2.45) is 5.41 Å². The molecule has 0 spiro atoms. The molecule has 1 atom stereocenters. The van der Waals surface area contributed by atoms with E-state index >= 15 is 0 Å². The second-order valence-electron chi connectivity index (χ2n) is 15.7. The number of carboxylic acids is 1. The molecule has 3 heterocycles. The van der Waals surface area contributed by atoms with Gasteiger partial charge in [-0.15, -0.1) is 0 Å². The molecule has 0 radical (unpaired) electrons. The summed E-state index contributed by atoms with van der Waals surface area (Å²) < 4.78 is 55.8. The molecule has 2 aliphatic heterocycles. The number of anilines is 1. The normalized spacial score (nSPS) is 18.2. The number of halogens is 1. The number of pyridine rings is 1. The smallest absolute Gasteiger partial charge is 0.337 e. The third-order valence-corrected chi connectivity index (χ3v) is 11.4. The van der Waals surface area contributed by atoms with Crippen molar-refractivity contribution in [2.45, 2.75) is 79.1 Å². The van der Waals surface area contributed by atoms with E-state index in [1.807, 2.05) is 52.0 Å². The Morgan fingerprint density at radius 1 is 0.981 bits per heavy atom. The summed E-state index contributed by atoms with van der Waals surface area (Å²) in [5.74, 6) is -0.369. The quantitative estimate of drug-likeness (QED) is 0.181. The molecule has 2 saturated heterocycles. The molecule has 52 heavy (non-hydrogen) atoms. The summed E-state index contributed by atoms with van der Waals surface area (Å²) in [6.45, 7) is 16.0. The van der Waals surface area contributed by atoms with Gasteiger partial charge in [0.2, 0.25) is 0 Å². The lowest BCUT2D eigenvalue weighted by atomic mass is 9.81. The summed E-state index contributed by atoms with van der Waals surface area (Å²) in [6.07, 6.45) is 1.24. The Labute approximate surface area is 308 Å². The molecule has 1 aromatic heterocycles. The largest absolute Gasteiger partial charge is 0.493 e. The van der Waals surface area contributed by atoms with Crippen molar-refractivity contribution in [3.05, 3.63) is 76.9 Å². The van der Waals surface area contributed by atoms with E-state index < -0.39 is 27.5 Å². The molecule has 3 aromatic rings. The van der Waals surface area contributed by atoms with Gasteiger partial charge in [0.05, 0.1) is 48.3 Å². The van der Waals surface area contributed by atoms with Crippen LogP contribution < -0.4 is 9.64 Å². The van der Waals surface area contributed by atoms with Crippen molar-refractivity contribution in [3.63, 3.8) is 0 Å². The maximum Gasteiger partial charge on any atom is 0.337 e. The molecular formula is C40H54FN3O7S. The van der Waals surface area contributed by atoms with Crippen LogP contribution in [0.3, 0.4) is 0 Å². The number of rotatable bonds is 14. The van der Waals surface area contributed by atoms with Crippen LogP contribution in [0.5, 0.6) is 5.75 Å². The minimum absolute atomic E-state index is 0.152. The molecule has 284 valence electrons. The number of aryl methyl sites for hydroxylation is 1. The molecule has 0 aliphatic carbocycles. The van der Waals surface area contributed by atoms with Gasteiger partial charge in [0.1, 0.15) is 11.6 Å². The van der Waals surface area contributed by atoms with Gasteiger partial charge < -0.3 is 24.2 Å². The molecular weight excluding hydrogens is 686 g/mol. The van der Waals surface area contributed by atoms with Crippen LogP contribution in [0.1, 0.15) is 76.1 Å². The van der Waals surface area contributed by atoms with Crippen LogP contribution in [0.4, 0.5) is 10.1 Å². The van der Waals surface area contributed by atoms with Gasteiger partial charge in [-0.3, -0.25) is 9.88 Å². The van der Waals surface area contributed by atoms with Crippen molar-refractivity contribution < 1.29 is 36.9 Å². The second kappa shape index (κ2) is 16.6. The highest BCUT2D eigenvalue weighted by Gasteiger charge is 2.37. The highest BCUT2D eigenvalue weighted by atomic mass is 32.2. The fourth-order valence-electron chi connectivity index (χ4n) is 6.73. The van der Waals surface area contributed by atoms with Crippen LogP contribution in [0.2, 0.25) is 0 Å². The van der Waals surface area contributed by atoms with E-state index in [0.29, 0.717) is 62.0 Å². The lowest BCUT2D eigenvalue weighted by Crippen LogP contribution is -2.41. The van der Waals surface area contributed by atoms with Crippen LogP contribution >= 0.6 is 0 Å². The zero-order chi connectivity index (χ0) is 37.7. The minimum Gasteiger partial charge on any atom is -0.493 e. The van der Waals surface area contributed by atoms with Gasteiger partial charge in [-0.25, -0.2) is 17.6 Å². The first-order valence-electron chi connectivity index (χ1n) is 18.2. The minimum atomic E-state index is -2.98. The molecule has 5 rings (SSSR count). The van der Waals surface area contributed by atoms with E-state index in [4.69, 9.17) is 19.2 Å². The van der Waals surface area contributed by atoms with Crippen molar-refractivity contribution in [1.82, 2.24) is 9.88 Å². The average Bonchev–Trinajstić information content (AvgIpc) is 3.07. The van der Waals surface area contributed by atoms with Gasteiger partial charge >= 0.3 is 5.97 Å². The summed E-state index contributed by atoms with van der Waals surface area (Å²) in [5.41, 5.74) is 4.63. The number of piperidine rings is 1. The number of aromatic nitrogens is 1. The third-order valence-electron chi connectivity index (χ3n) is 9.81. The summed E-state index contributed by atoms with van der Waals surface area (Å²) in [5, 5.41) is 10.6. The molecule has 1 N–H and O–H groups in total. The Bertz CT molecular complexity index is 1770. The van der Waals surface area contributed by atoms with Crippen molar-refractivity contribution in [2.75, 3.05) is 62.3 Å². The molecule has 0 saturated carbocycles. The van der Waals surface area contributed by atoms with Crippen LogP contribution in [0.15, 0.2) is 48.5 Å². The van der Waals surface area contributed by atoms with Gasteiger partial charge in [-0.05, 0) is 81.3 Å². The Balaban J connectivity index is 1.51. The molecule has 2 aromatic carbocycles. The van der Waals surface area contributed by atoms with Gasteiger partial charge in [0.15, 0.2) is 15.9 Å². The fourth-order valence-corrected chi connectivity index (χ4v) is 8.00. The monoisotopic (exact) mass is 739 g/mol. The lowest BCUT2D eigenvalue weighted by Gasteiger charge is -2.41. The van der Waals surface area contributed by atoms with Crippen molar-refractivity contribution in [1.29, 1.82) is 0 Å². The maximum atomic E-state index is 13.3. The van der Waals surface area contributed by atoms with E-state index in [2.05, 4.69) is 23.6 Å². The second-order valence-corrected chi connectivity index (χ2v) is 18.0. The standard InChI is InChI=1S/C40H54FN3O7S/c1-28-34(37(38(45)46)51-39(2,3)4)36(44-18-16-40(5,6)17-19-44)35(33(42-28)27-49-24-20-43-21-25-52(47,48)26-22-43)30-9-13-32(14-10-30)50-23-15-29-7-11-31(41)12-8-29/h7-14,37H,15-27H2,1-6H3,(H,45,46)/t37-/m0/s1. The molecule has 2 aliphatic rings. The summed E-state index contributed by atoms with van der Waals surface area (Å²) in [4.78, 5) is 22.4. The Morgan fingerprint density at radius 3 is 2.21 bits per heavy atom. The first kappa shape index (κ1) is 39.6. The molecule has 2 fully saturated rings. The Hall–Kier alpha value is -3.58. The zero-order valence-corrected chi connectivity index (χ0v) is 32.2. The van der Waals surface area contributed by atoms with E-state index in [1.54, 1.807) is 12.1 Å². The molecule has 10 nitrogen and oxygen atoms in total.